The van der Waals surface area contributed by atoms with Gasteiger partial charge in [0.25, 0.3) is 5.56 Å². The number of hydrogen-bond acceptors (Lipinski definition) is 5. The minimum atomic E-state index is 0.0957. The number of thiazole rings is 1. The molecule has 5 nitrogen and oxygen atoms in total. The standard InChI is InChI=1S/C20H26N4OS/c25-19-12-13-4-1-2-5-16(13)23-24(19)15-10-8-14(9-11-15)21-20-22-17-6-3-7-18(17)26-20/h12,14-15H,1-11H2,(H,21,22). The first kappa shape index (κ1) is 16.5. The van der Waals surface area contributed by atoms with Gasteiger partial charge in [0.1, 0.15) is 0 Å². The van der Waals surface area contributed by atoms with Gasteiger partial charge in [-0.3, -0.25) is 4.79 Å². The molecule has 5 rings (SSSR count). The number of aromatic nitrogens is 3. The number of nitrogens with zero attached hydrogens (tertiary/aromatic N) is 3. The van der Waals surface area contributed by atoms with E-state index in [0.29, 0.717) is 6.04 Å². The van der Waals surface area contributed by atoms with Crippen molar-refractivity contribution in [3.63, 3.8) is 0 Å². The summed E-state index contributed by atoms with van der Waals surface area (Å²) in [4.78, 5) is 18.8. The number of nitrogens with one attached hydrogen (secondary N) is 1. The van der Waals surface area contributed by atoms with Crippen LogP contribution < -0.4 is 10.9 Å². The van der Waals surface area contributed by atoms with Crippen LogP contribution in [0, 0.1) is 0 Å². The molecular formula is C20H26N4OS. The predicted molar refractivity (Wildman–Crippen MR) is 104 cm³/mol. The Labute approximate surface area is 157 Å². The Balaban J connectivity index is 1.25. The van der Waals surface area contributed by atoms with Crippen LogP contribution in [0.4, 0.5) is 5.13 Å². The van der Waals surface area contributed by atoms with Crippen LogP contribution in [0.5, 0.6) is 0 Å². The molecule has 26 heavy (non-hydrogen) atoms. The van der Waals surface area contributed by atoms with Gasteiger partial charge in [-0.1, -0.05) is 0 Å². The summed E-state index contributed by atoms with van der Waals surface area (Å²) in [6.45, 7) is 0. The molecule has 3 aliphatic rings. The lowest BCUT2D eigenvalue weighted by atomic mass is 9.91. The quantitative estimate of drug-likeness (QED) is 0.896. The van der Waals surface area contributed by atoms with Crippen molar-refractivity contribution in [1.29, 1.82) is 0 Å². The van der Waals surface area contributed by atoms with E-state index in [1.807, 2.05) is 17.4 Å². The van der Waals surface area contributed by atoms with Crippen LogP contribution in [0.1, 0.15) is 72.8 Å². The molecule has 0 bridgehead atoms. The number of anilines is 1. The van der Waals surface area contributed by atoms with Gasteiger partial charge in [0, 0.05) is 17.0 Å². The molecule has 138 valence electrons. The van der Waals surface area contributed by atoms with Gasteiger partial charge in [-0.15, -0.1) is 11.3 Å². The highest BCUT2D eigenvalue weighted by atomic mass is 32.1. The smallest absolute Gasteiger partial charge is 0.267 e. The fourth-order valence-electron chi connectivity index (χ4n) is 4.73. The summed E-state index contributed by atoms with van der Waals surface area (Å²) in [5.74, 6) is 0. The first-order chi connectivity index (χ1) is 12.8. The number of fused-ring (bicyclic) bond motifs is 2. The zero-order valence-electron chi connectivity index (χ0n) is 15.2. The Kier molecular flexibility index (Phi) is 4.31. The molecule has 0 unspecified atom stereocenters. The molecule has 3 aliphatic carbocycles. The van der Waals surface area contributed by atoms with Crippen LogP contribution in [0.25, 0.3) is 0 Å². The average molecular weight is 371 g/mol. The SMILES string of the molecule is O=c1cc2c(nn1C1CCC(Nc3nc4c(s3)CCC4)CC1)CCCC2. The van der Waals surface area contributed by atoms with Crippen molar-refractivity contribution in [2.75, 3.05) is 5.32 Å². The fourth-order valence-corrected chi connectivity index (χ4v) is 5.86. The van der Waals surface area contributed by atoms with E-state index in [1.54, 1.807) is 4.68 Å². The van der Waals surface area contributed by atoms with Gasteiger partial charge in [0.2, 0.25) is 0 Å². The highest BCUT2D eigenvalue weighted by Gasteiger charge is 2.26. The van der Waals surface area contributed by atoms with Crippen molar-refractivity contribution >= 4 is 16.5 Å². The van der Waals surface area contributed by atoms with Gasteiger partial charge in [-0.05, 0) is 76.2 Å². The summed E-state index contributed by atoms with van der Waals surface area (Å²) in [5, 5.41) is 9.50. The van der Waals surface area contributed by atoms with Gasteiger partial charge in [-0.2, -0.15) is 5.10 Å². The summed E-state index contributed by atoms with van der Waals surface area (Å²) in [5.41, 5.74) is 3.76. The molecular weight excluding hydrogens is 344 g/mol. The molecule has 2 aromatic rings. The molecule has 0 aliphatic heterocycles. The number of hydrogen-bond donors (Lipinski definition) is 1. The summed E-state index contributed by atoms with van der Waals surface area (Å²) < 4.78 is 1.79. The Morgan fingerprint density at radius 3 is 2.65 bits per heavy atom. The van der Waals surface area contributed by atoms with Gasteiger partial charge >= 0.3 is 0 Å². The largest absolute Gasteiger partial charge is 0.359 e. The highest BCUT2D eigenvalue weighted by Crippen LogP contribution is 2.34. The number of aryl methyl sites for hydroxylation is 4. The first-order valence-corrected chi connectivity index (χ1v) is 10.9. The Bertz CT molecular complexity index is 842. The second-order valence-electron chi connectivity index (χ2n) is 8.00. The van der Waals surface area contributed by atoms with E-state index in [1.165, 1.54) is 41.8 Å². The topological polar surface area (TPSA) is 59.8 Å². The fraction of sp³-hybridized carbons (Fsp3) is 0.650. The minimum absolute atomic E-state index is 0.0957. The first-order valence-electron chi connectivity index (χ1n) is 10.1. The zero-order chi connectivity index (χ0) is 17.5. The second kappa shape index (κ2) is 6.80. The van der Waals surface area contributed by atoms with Crippen LogP contribution >= 0.6 is 11.3 Å². The Morgan fingerprint density at radius 1 is 1.00 bits per heavy atom. The van der Waals surface area contributed by atoms with E-state index in [4.69, 9.17) is 10.1 Å². The Hall–Kier alpha value is -1.69. The van der Waals surface area contributed by atoms with Crippen molar-refractivity contribution < 1.29 is 0 Å². The molecule has 1 saturated carbocycles. The van der Waals surface area contributed by atoms with Crippen LogP contribution in [-0.4, -0.2) is 20.8 Å². The third kappa shape index (κ3) is 3.08. The normalized spacial score (nSPS) is 24.9. The lowest BCUT2D eigenvalue weighted by Crippen LogP contribution is -2.34. The summed E-state index contributed by atoms with van der Waals surface area (Å²) in [6.07, 6.45) is 12.3. The zero-order valence-corrected chi connectivity index (χ0v) is 16.0. The van der Waals surface area contributed by atoms with Gasteiger partial charge < -0.3 is 5.32 Å². The maximum Gasteiger partial charge on any atom is 0.267 e. The molecule has 0 saturated heterocycles. The average Bonchev–Trinajstić information content (AvgIpc) is 3.23. The number of rotatable bonds is 3. The molecule has 2 aromatic heterocycles. The van der Waals surface area contributed by atoms with Crippen molar-refractivity contribution in [2.45, 2.75) is 82.7 Å². The van der Waals surface area contributed by atoms with E-state index in [9.17, 15) is 4.79 Å². The summed E-state index contributed by atoms with van der Waals surface area (Å²) >= 11 is 1.84. The maximum atomic E-state index is 12.5. The minimum Gasteiger partial charge on any atom is -0.359 e. The third-order valence-corrected chi connectivity index (χ3v) is 7.29. The van der Waals surface area contributed by atoms with Crippen LogP contribution in [0.15, 0.2) is 10.9 Å². The maximum absolute atomic E-state index is 12.5. The van der Waals surface area contributed by atoms with Crippen LogP contribution in [0.3, 0.4) is 0 Å². The lowest BCUT2D eigenvalue weighted by Gasteiger charge is -2.30. The van der Waals surface area contributed by atoms with Gasteiger partial charge in [0.05, 0.1) is 17.4 Å². The molecule has 0 aromatic carbocycles. The molecule has 6 heteroatoms. The van der Waals surface area contributed by atoms with E-state index in [-0.39, 0.29) is 11.6 Å². The lowest BCUT2D eigenvalue weighted by molar-refractivity contribution is 0.300. The molecule has 1 fully saturated rings. The van der Waals surface area contributed by atoms with E-state index >= 15 is 0 Å². The van der Waals surface area contributed by atoms with Crippen molar-refractivity contribution in [1.82, 2.24) is 14.8 Å². The van der Waals surface area contributed by atoms with E-state index in [2.05, 4.69) is 5.32 Å². The Morgan fingerprint density at radius 2 is 1.81 bits per heavy atom. The predicted octanol–water partition coefficient (Wildman–Crippen LogP) is 3.66. The molecule has 0 spiro atoms. The van der Waals surface area contributed by atoms with E-state index < -0.39 is 0 Å². The van der Waals surface area contributed by atoms with E-state index in [0.717, 1.165) is 55.8 Å². The highest BCUT2D eigenvalue weighted by molar-refractivity contribution is 7.15. The van der Waals surface area contributed by atoms with Crippen LogP contribution in [-0.2, 0) is 25.7 Å². The monoisotopic (exact) mass is 370 g/mol. The third-order valence-electron chi connectivity index (χ3n) is 6.20. The van der Waals surface area contributed by atoms with Crippen molar-refractivity contribution in [3.8, 4) is 0 Å². The van der Waals surface area contributed by atoms with Crippen molar-refractivity contribution in [3.05, 3.63) is 38.2 Å². The molecule has 1 N–H and O–H groups in total. The summed E-state index contributed by atoms with van der Waals surface area (Å²) in [6, 6.07) is 2.59. The molecule has 0 radical (unpaired) electrons. The molecule has 2 heterocycles. The van der Waals surface area contributed by atoms with Crippen LogP contribution in [0.2, 0.25) is 0 Å². The molecule has 0 amide bonds. The summed E-state index contributed by atoms with van der Waals surface area (Å²) in [7, 11) is 0. The molecule has 0 atom stereocenters. The van der Waals surface area contributed by atoms with Gasteiger partial charge in [0.15, 0.2) is 5.13 Å². The second-order valence-corrected chi connectivity index (χ2v) is 9.08. The van der Waals surface area contributed by atoms with Crippen molar-refractivity contribution in [2.24, 2.45) is 0 Å². The van der Waals surface area contributed by atoms with Gasteiger partial charge in [-0.25, -0.2) is 9.67 Å².